The van der Waals surface area contributed by atoms with Gasteiger partial charge >= 0.3 is 0 Å². The van der Waals surface area contributed by atoms with E-state index in [0.29, 0.717) is 28.5 Å². The molecule has 1 aliphatic rings. The zero-order valence-electron chi connectivity index (χ0n) is 15.9. The number of aromatic nitrogens is 5. The third-order valence-electron chi connectivity index (χ3n) is 5.44. The zero-order valence-corrected chi connectivity index (χ0v) is 15.9. The number of nitrogens with two attached hydrogens (primary N) is 1. The first-order chi connectivity index (χ1) is 13.4. The van der Waals surface area contributed by atoms with Gasteiger partial charge < -0.3 is 11.1 Å². The standard InChI is InChI=1S/C19H23N7O2/c1-10-3-5-12(6-4-10)26-16-13(11(2)22-19(20)24-16)9-14(18(26)28)17(27)23-15-7-8-21-25-15/h7-10,12H,3-6H2,1-2H3,(H2,20,22,24)(H2,21,23,25,27). The minimum Gasteiger partial charge on any atom is -0.368 e. The minimum absolute atomic E-state index is 0.0141. The molecule has 3 aromatic heterocycles. The summed E-state index contributed by atoms with van der Waals surface area (Å²) in [6.07, 6.45) is 5.32. The number of hydrogen-bond acceptors (Lipinski definition) is 6. The van der Waals surface area contributed by atoms with Crippen molar-refractivity contribution in [2.45, 2.75) is 45.6 Å². The van der Waals surface area contributed by atoms with E-state index in [4.69, 9.17) is 5.73 Å². The van der Waals surface area contributed by atoms with Crippen molar-refractivity contribution in [2.24, 2.45) is 5.92 Å². The monoisotopic (exact) mass is 381 g/mol. The number of carbonyl (C=O) groups excluding carboxylic acids is 1. The number of fused-ring (bicyclic) bond motifs is 1. The topological polar surface area (TPSA) is 132 Å². The fourth-order valence-corrected chi connectivity index (χ4v) is 3.89. The second-order valence-electron chi connectivity index (χ2n) is 7.48. The van der Waals surface area contributed by atoms with Gasteiger partial charge in [0, 0.05) is 17.5 Å². The molecule has 9 heteroatoms. The number of H-pyrrole nitrogens is 1. The molecule has 28 heavy (non-hydrogen) atoms. The Morgan fingerprint density at radius 3 is 2.71 bits per heavy atom. The molecule has 0 bridgehead atoms. The molecule has 146 valence electrons. The van der Waals surface area contributed by atoms with Gasteiger partial charge in [0.05, 0.1) is 11.9 Å². The van der Waals surface area contributed by atoms with Crippen LogP contribution in [0.1, 0.15) is 54.7 Å². The third-order valence-corrected chi connectivity index (χ3v) is 5.44. The number of nitrogens with zero attached hydrogens (tertiary/aromatic N) is 4. The van der Waals surface area contributed by atoms with E-state index in [1.54, 1.807) is 23.6 Å². The first-order valence-corrected chi connectivity index (χ1v) is 9.44. The number of nitrogens with one attached hydrogen (secondary N) is 2. The molecule has 9 nitrogen and oxygen atoms in total. The number of amides is 1. The average Bonchev–Trinajstić information content (AvgIpc) is 3.15. The lowest BCUT2D eigenvalue weighted by Crippen LogP contribution is -2.34. The van der Waals surface area contributed by atoms with Crippen LogP contribution in [-0.2, 0) is 0 Å². The molecule has 4 rings (SSSR count). The summed E-state index contributed by atoms with van der Waals surface area (Å²) >= 11 is 0. The van der Waals surface area contributed by atoms with Gasteiger partial charge in [0.15, 0.2) is 0 Å². The predicted molar refractivity (Wildman–Crippen MR) is 106 cm³/mol. The second kappa shape index (κ2) is 7.06. The number of pyridine rings is 1. The van der Waals surface area contributed by atoms with Gasteiger partial charge in [-0.25, -0.2) is 4.98 Å². The Hall–Kier alpha value is -3.23. The lowest BCUT2D eigenvalue weighted by Gasteiger charge is -2.29. The highest BCUT2D eigenvalue weighted by atomic mass is 16.2. The molecule has 3 heterocycles. The van der Waals surface area contributed by atoms with Crippen LogP contribution in [0.2, 0.25) is 0 Å². The maximum atomic E-state index is 13.3. The summed E-state index contributed by atoms with van der Waals surface area (Å²) in [6.45, 7) is 4.02. The van der Waals surface area contributed by atoms with E-state index in [-0.39, 0.29) is 23.1 Å². The van der Waals surface area contributed by atoms with Crippen molar-refractivity contribution >= 4 is 28.7 Å². The van der Waals surface area contributed by atoms with Gasteiger partial charge in [0.1, 0.15) is 17.0 Å². The van der Waals surface area contributed by atoms with E-state index in [1.165, 1.54) is 6.20 Å². The van der Waals surface area contributed by atoms with Crippen molar-refractivity contribution < 1.29 is 4.79 Å². The van der Waals surface area contributed by atoms with Crippen LogP contribution in [0.15, 0.2) is 23.1 Å². The van der Waals surface area contributed by atoms with Crippen LogP contribution in [0.25, 0.3) is 11.0 Å². The minimum atomic E-state index is -0.495. The predicted octanol–water partition coefficient (Wildman–Crippen LogP) is 2.41. The molecule has 1 amide bonds. The summed E-state index contributed by atoms with van der Waals surface area (Å²) in [4.78, 5) is 34.7. The number of aryl methyl sites for hydroxylation is 1. The highest BCUT2D eigenvalue weighted by Crippen LogP contribution is 2.33. The fourth-order valence-electron chi connectivity index (χ4n) is 3.89. The first kappa shape index (κ1) is 18.1. The largest absolute Gasteiger partial charge is 0.368 e. The van der Waals surface area contributed by atoms with Crippen LogP contribution in [-0.4, -0.2) is 30.6 Å². The molecule has 1 saturated carbocycles. The van der Waals surface area contributed by atoms with Crippen molar-refractivity contribution in [3.63, 3.8) is 0 Å². The van der Waals surface area contributed by atoms with Gasteiger partial charge in [-0.3, -0.25) is 19.3 Å². The molecule has 4 N–H and O–H groups in total. The number of hydrogen-bond donors (Lipinski definition) is 3. The van der Waals surface area contributed by atoms with E-state index in [9.17, 15) is 9.59 Å². The van der Waals surface area contributed by atoms with Gasteiger partial charge in [-0.1, -0.05) is 6.92 Å². The molecule has 0 unspecified atom stereocenters. The van der Waals surface area contributed by atoms with E-state index in [2.05, 4.69) is 32.4 Å². The highest BCUT2D eigenvalue weighted by molar-refractivity contribution is 6.05. The van der Waals surface area contributed by atoms with Gasteiger partial charge in [-0.05, 0) is 44.6 Å². The Bertz CT molecular complexity index is 1080. The molecular weight excluding hydrogens is 358 g/mol. The maximum Gasteiger partial charge on any atom is 0.265 e. The second-order valence-corrected chi connectivity index (χ2v) is 7.48. The quantitative estimate of drug-likeness (QED) is 0.638. The smallest absolute Gasteiger partial charge is 0.265 e. The van der Waals surface area contributed by atoms with Crippen LogP contribution < -0.4 is 16.6 Å². The molecule has 1 fully saturated rings. The molecule has 0 saturated heterocycles. The highest BCUT2D eigenvalue weighted by Gasteiger charge is 2.26. The van der Waals surface area contributed by atoms with E-state index in [0.717, 1.165) is 25.7 Å². The number of aromatic amines is 1. The van der Waals surface area contributed by atoms with Crippen molar-refractivity contribution in [3.8, 4) is 0 Å². The Kier molecular flexibility index (Phi) is 4.58. The average molecular weight is 381 g/mol. The molecule has 1 aliphatic carbocycles. The number of carbonyl (C=O) groups is 1. The van der Waals surface area contributed by atoms with Crippen molar-refractivity contribution in [1.82, 2.24) is 24.7 Å². The Morgan fingerprint density at radius 2 is 2.04 bits per heavy atom. The van der Waals surface area contributed by atoms with Crippen LogP contribution in [0.4, 0.5) is 11.8 Å². The Balaban J connectivity index is 1.88. The molecule has 0 aromatic carbocycles. The summed E-state index contributed by atoms with van der Waals surface area (Å²) < 4.78 is 1.65. The Morgan fingerprint density at radius 1 is 1.29 bits per heavy atom. The summed E-state index contributed by atoms with van der Waals surface area (Å²) in [5.74, 6) is 0.682. The van der Waals surface area contributed by atoms with Crippen LogP contribution in [0.5, 0.6) is 0 Å². The van der Waals surface area contributed by atoms with Crippen molar-refractivity contribution in [1.29, 1.82) is 0 Å². The van der Waals surface area contributed by atoms with Gasteiger partial charge in [0.25, 0.3) is 11.5 Å². The first-order valence-electron chi connectivity index (χ1n) is 9.44. The Labute approximate surface area is 161 Å². The van der Waals surface area contributed by atoms with Gasteiger partial charge in [-0.15, -0.1) is 0 Å². The number of anilines is 2. The van der Waals surface area contributed by atoms with Crippen molar-refractivity contribution in [3.05, 3.63) is 39.9 Å². The molecular formula is C19H23N7O2. The zero-order chi connectivity index (χ0) is 19.8. The van der Waals surface area contributed by atoms with Gasteiger partial charge in [-0.2, -0.15) is 10.1 Å². The SMILES string of the molecule is Cc1nc(N)nc2c1cc(C(=O)Nc1ccn[nH]1)c(=O)n2C1CCC(C)CC1. The van der Waals surface area contributed by atoms with E-state index >= 15 is 0 Å². The molecule has 0 atom stereocenters. The van der Waals surface area contributed by atoms with Crippen LogP contribution in [0, 0.1) is 12.8 Å². The van der Waals surface area contributed by atoms with Gasteiger partial charge in [0.2, 0.25) is 5.95 Å². The molecule has 0 aliphatic heterocycles. The summed E-state index contributed by atoms with van der Waals surface area (Å²) in [7, 11) is 0. The molecule has 0 radical (unpaired) electrons. The number of rotatable bonds is 3. The fraction of sp³-hybridized carbons (Fsp3) is 0.421. The third kappa shape index (κ3) is 3.23. The lowest BCUT2D eigenvalue weighted by atomic mass is 9.87. The molecule has 3 aromatic rings. The molecule has 0 spiro atoms. The summed E-state index contributed by atoms with van der Waals surface area (Å²) in [6, 6.07) is 3.16. The van der Waals surface area contributed by atoms with E-state index < -0.39 is 5.91 Å². The summed E-state index contributed by atoms with van der Waals surface area (Å²) in [5.41, 5.74) is 6.68. The van der Waals surface area contributed by atoms with Crippen LogP contribution in [0.3, 0.4) is 0 Å². The lowest BCUT2D eigenvalue weighted by molar-refractivity contribution is 0.102. The van der Waals surface area contributed by atoms with E-state index in [1.807, 2.05) is 0 Å². The van der Waals surface area contributed by atoms with Crippen molar-refractivity contribution in [2.75, 3.05) is 11.1 Å². The number of nitrogen functional groups attached to an aromatic ring is 1. The summed E-state index contributed by atoms with van der Waals surface area (Å²) in [5, 5.41) is 9.80. The maximum absolute atomic E-state index is 13.3. The normalized spacial score (nSPS) is 19.6. The van der Waals surface area contributed by atoms with Crippen LogP contribution >= 0.6 is 0 Å².